The molecule has 0 saturated heterocycles. The molecule has 0 aromatic heterocycles. The first-order chi connectivity index (χ1) is 5.95. The Morgan fingerprint density at radius 2 is 1.92 bits per heavy atom. The van der Waals surface area contributed by atoms with Gasteiger partial charge in [0.15, 0.2) is 0 Å². The van der Waals surface area contributed by atoms with Crippen LogP contribution in [0.25, 0.3) is 0 Å². The van der Waals surface area contributed by atoms with Crippen LogP contribution in [0.15, 0.2) is 12.2 Å². The zero-order valence-corrected chi connectivity index (χ0v) is 7.20. The van der Waals surface area contributed by atoms with Crippen LogP contribution >= 0.6 is 0 Å². The molecule has 0 spiro atoms. The maximum Gasteiger partial charge on any atom is 0.374 e. The van der Waals surface area contributed by atoms with E-state index < -0.39 is 17.7 Å². The molecular formula is C8H10O5. The molecule has 0 aromatic rings. The van der Waals surface area contributed by atoms with Crippen LogP contribution in [-0.4, -0.2) is 29.4 Å². The fourth-order valence-corrected chi connectivity index (χ4v) is 0.475. The lowest BCUT2D eigenvalue weighted by Crippen LogP contribution is -2.15. The summed E-state index contributed by atoms with van der Waals surface area (Å²) in [5.74, 6) is -2.81. The van der Waals surface area contributed by atoms with Gasteiger partial charge in [-0.25, -0.2) is 9.59 Å². The molecule has 0 radical (unpaired) electrons. The second-order valence-corrected chi connectivity index (χ2v) is 2.35. The molecule has 0 atom stereocenters. The largest absolute Gasteiger partial charge is 0.478 e. The monoisotopic (exact) mass is 186 g/mol. The average Bonchev–Trinajstić information content (AvgIpc) is 2.03. The van der Waals surface area contributed by atoms with Crippen molar-refractivity contribution in [2.75, 3.05) is 6.61 Å². The third kappa shape index (κ3) is 4.73. The molecule has 0 aliphatic rings. The second kappa shape index (κ2) is 5.08. The quantitative estimate of drug-likeness (QED) is 0.375. The molecule has 0 rings (SSSR count). The highest BCUT2D eigenvalue weighted by Gasteiger charge is 2.10. The molecule has 13 heavy (non-hydrogen) atoms. The third-order valence-electron chi connectivity index (χ3n) is 1.23. The fourth-order valence-electron chi connectivity index (χ4n) is 0.475. The number of esters is 1. The topological polar surface area (TPSA) is 80.7 Å². The van der Waals surface area contributed by atoms with Gasteiger partial charge in [0, 0.05) is 18.9 Å². The summed E-state index contributed by atoms with van der Waals surface area (Å²) in [7, 11) is 0. The number of ketones is 1. The lowest BCUT2D eigenvalue weighted by Gasteiger charge is -2.01. The minimum absolute atomic E-state index is 0.0222. The molecule has 5 heteroatoms. The lowest BCUT2D eigenvalue weighted by molar-refractivity contribution is -0.153. The van der Waals surface area contributed by atoms with Crippen molar-refractivity contribution >= 4 is 17.7 Å². The van der Waals surface area contributed by atoms with Crippen molar-refractivity contribution in [3.8, 4) is 0 Å². The van der Waals surface area contributed by atoms with Gasteiger partial charge >= 0.3 is 11.9 Å². The Balaban J connectivity index is 3.69. The van der Waals surface area contributed by atoms with Crippen molar-refractivity contribution in [2.45, 2.75) is 13.3 Å². The van der Waals surface area contributed by atoms with Gasteiger partial charge in [-0.15, -0.1) is 0 Å². The first-order valence-corrected chi connectivity index (χ1v) is 3.54. The predicted molar refractivity (Wildman–Crippen MR) is 43.0 cm³/mol. The number of carbonyl (C=O) groups is 3. The number of ether oxygens (including phenoxy) is 1. The highest BCUT2D eigenvalue weighted by Crippen LogP contribution is 1.98. The molecule has 0 bridgehead atoms. The summed E-state index contributed by atoms with van der Waals surface area (Å²) < 4.78 is 4.41. The van der Waals surface area contributed by atoms with E-state index in [1.54, 1.807) is 0 Å². The van der Waals surface area contributed by atoms with Gasteiger partial charge in [0.05, 0.1) is 6.61 Å². The van der Waals surface area contributed by atoms with Crippen molar-refractivity contribution in [1.82, 2.24) is 0 Å². The Bertz CT molecular complexity index is 227. The predicted octanol–water partition coefficient (Wildman–Crippen LogP) is 0.149. The third-order valence-corrected chi connectivity index (χ3v) is 1.23. The van der Waals surface area contributed by atoms with Gasteiger partial charge in [0.1, 0.15) is 0 Å². The summed E-state index contributed by atoms with van der Waals surface area (Å²) in [4.78, 5) is 31.1. The molecule has 0 aliphatic heterocycles. The van der Waals surface area contributed by atoms with Crippen molar-refractivity contribution in [2.24, 2.45) is 0 Å². The van der Waals surface area contributed by atoms with Gasteiger partial charge in [-0.2, -0.15) is 0 Å². The van der Waals surface area contributed by atoms with Gasteiger partial charge in [-0.05, 0) is 0 Å². The summed E-state index contributed by atoms with van der Waals surface area (Å²) in [6.07, 6.45) is 0.0222. The van der Waals surface area contributed by atoms with Gasteiger partial charge in [-0.3, -0.25) is 4.79 Å². The number of hydrogen-bond donors (Lipinski definition) is 1. The Morgan fingerprint density at radius 3 is 2.31 bits per heavy atom. The molecular weight excluding hydrogens is 176 g/mol. The maximum atomic E-state index is 10.5. The Morgan fingerprint density at radius 1 is 1.38 bits per heavy atom. The minimum atomic E-state index is -1.14. The summed E-state index contributed by atoms with van der Waals surface area (Å²) in [6.45, 7) is 4.16. The molecule has 0 unspecified atom stereocenters. The summed E-state index contributed by atoms with van der Waals surface area (Å²) in [5, 5.41) is 8.35. The molecule has 0 aromatic carbocycles. The Kier molecular flexibility index (Phi) is 4.43. The SMILES string of the molecule is C=C(CCOC(=O)C(C)=O)C(=O)O. The fraction of sp³-hybridized carbons (Fsp3) is 0.375. The van der Waals surface area contributed by atoms with Crippen LogP contribution < -0.4 is 0 Å². The number of hydrogen-bond acceptors (Lipinski definition) is 4. The molecule has 1 N–H and O–H groups in total. The Labute approximate surface area is 75.0 Å². The minimum Gasteiger partial charge on any atom is -0.478 e. The first kappa shape index (κ1) is 11.4. The highest BCUT2D eigenvalue weighted by atomic mass is 16.5. The Hall–Kier alpha value is -1.65. The van der Waals surface area contributed by atoms with E-state index in [9.17, 15) is 14.4 Å². The molecule has 72 valence electrons. The normalized spacial score (nSPS) is 9.00. The average molecular weight is 186 g/mol. The smallest absolute Gasteiger partial charge is 0.374 e. The van der Waals surface area contributed by atoms with Crippen molar-refractivity contribution in [1.29, 1.82) is 0 Å². The van der Waals surface area contributed by atoms with Gasteiger partial charge < -0.3 is 9.84 Å². The van der Waals surface area contributed by atoms with Crippen LogP contribution in [0, 0.1) is 0 Å². The molecule has 0 fully saturated rings. The number of aliphatic carboxylic acids is 1. The first-order valence-electron chi connectivity index (χ1n) is 3.54. The number of rotatable bonds is 5. The molecule has 0 saturated carbocycles. The van der Waals surface area contributed by atoms with Crippen LogP contribution in [-0.2, 0) is 19.1 Å². The van der Waals surface area contributed by atoms with Gasteiger partial charge in [0.25, 0.3) is 0 Å². The number of carboxylic acids is 1. The van der Waals surface area contributed by atoms with Crippen LogP contribution in [0.5, 0.6) is 0 Å². The van der Waals surface area contributed by atoms with Crippen LogP contribution in [0.3, 0.4) is 0 Å². The van der Waals surface area contributed by atoms with Crippen molar-refractivity contribution < 1.29 is 24.2 Å². The highest BCUT2D eigenvalue weighted by molar-refractivity contribution is 6.32. The van der Waals surface area contributed by atoms with Crippen molar-refractivity contribution in [3.05, 3.63) is 12.2 Å². The standard InChI is InChI=1S/C8H10O5/c1-5(7(10)11)3-4-13-8(12)6(2)9/h1,3-4H2,2H3,(H,10,11). The van der Waals surface area contributed by atoms with Crippen LogP contribution in [0.2, 0.25) is 0 Å². The zero-order valence-electron chi connectivity index (χ0n) is 7.20. The van der Waals surface area contributed by atoms with Crippen molar-refractivity contribution in [3.63, 3.8) is 0 Å². The summed E-state index contributed by atoms with van der Waals surface area (Å²) in [5.41, 5.74) is -0.0589. The lowest BCUT2D eigenvalue weighted by atomic mass is 10.2. The second-order valence-electron chi connectivity index (χ2n) is 2.35. The van der Waals surface area contributed by atoms with E-state index in [0.717, 1.165) is 6.92 Å². The van der Waals surface area contributed by atoms with E-state index in [2.05, 4.69) is 11.3 Å². The number of carbonyl (C=O) groups excluding carboxylic acids is 2. The zero-order chi connectivity index (χ0) is 10.4. The van der Waals surface area contributed by atoms with E-state index in [4.69, 9.17) is 5.11 Å². The molecule has 0 heterocycles. The van der Waals surface area contributed by atoms with Gasteiger partial charge in [0.2, 0.25) is 5.78 Å². The van der Waals surface area contributed by atoms with Crippen LogP contribution in [0.1, 0.15) is 13.3 Å². The summed E-state index contributed by atoms with van der Waals surface area (Å²) >= 11 is 0. The number of Topliss-reactive ketones (excluding diaryl/α,β-unsaturated/α-hetero) is 1. The van der Waals surface area contributed by atoms with E-state index in [-0.39, 0.29) is 18.6 Å². The van der Waals surface area contributed by atoms with Gasteiger partial charge in [-0.1, -0.05) is 6.58 Å². The van der Waals surface area contributed by atoms with Crippen LogP contribution in [0.4, 0.5) is 0 Å². The van der Waals surface area contributed by atoms with E-state index in [1.807, 2.05) is 0 Å². The van der Waals surface area contributed by atoms with E-state index in [1.165, 1.54) is 0 Å². The maximum absolute atomic E-state index is 10.5. The van der Waals surface area contributed by atoms with E-state index in [0.29, 0.717) is 0 Å². The van der Waals surface area contributed by atoms with E-state index >= 15 is 0 Å². The molecule has 0 aliphatic carbocycles. The number of carboxylic acid groups (broad SMARTS) is 1. The summed E-state index contributed by atoms with van der Waals surface area (Å²) in [6, 6.07) is 0. The molecule has 5 nitrogen and oxygen atoms in total. The molecule has 0 amide bonds.